The Labute approximate surface area is 259 Å². The van der Waals surface area contributed by atoms with Crippen LogP contribution in [0.5, 0.6) is 0 Å². The predicted molar refractivity (Wildman–Crippen MR) is 169 cm³/mol. The van der Waals surface area contributed by atoms with E-state index in [-0.39, 0.29) is 29.0 Å². The number of aromatic nitrogens is 1. The van der Waals surface area contributed by atoms with Crippen LogP contribution in [0.2, 0.25) is 0 Å². The van der Waals surface area contributed by atoms with Crippen molar-refractivity contribution >= 4 is 44.9 Å². The summed E-state index contributed by atoms with van der Waals surface area (Å²) >= 11 is 1.16. The van der Waals surface area contributed by atoms with Gasteiger partial charge in [-0.15, -0.1) is 11.3 Å². The molecule has 0 saturated heterocycles. The highest BCUT2D eigenvalue weighted by Crippen LogP contribution is 2.37. The van der Waals surface area contributed by atoms with Crippen LogP contribution in [0, 0.1) is 5.82 Å². The van der Waals surface area contributed by atoms with E-state index >= 15 is 0 Å². The van der Waals surface area contributed by atoms with Crippen LogP contribution in [0.25, 0.3) is 21.0 Å². The van der Waals surface area contributed by atoms with Gasteiger partial charge in [-0.05, 0) is 70.5 Å². The Morgan fingerprint density at radius 2 is 1.70 bits per heavy atom. The molecule has 1 aromatic heterocycles. The number of thiazole rings is 1. The fourth-order valence-electron chi connectivity index (χ4n) is 4.00. The van der Waals surface area contributed by atoms with Crippen molar-refractivity contribution in [2.24, 2.45) is 0 Å². The van der Waals surface area contributed by atoms with Crippen molar-refractivity contribution in [1.29, 1.82) is 0 Å². The lowest BCUT2D eigenvalue weighted by atomic mass is 10.1. The molecule has 232 valence electrons. The number of rotatable bonds is 9. The summed E-state index contributed by atoms with van der Waals surface area (Å²) in [5, 5.41) is 5.37. The second kappa shape index (κ2) is 13.5. The van der Waals surface area contributed by atoms with Crippen molar-refractivity contribution in [1.82, 2.24) is 9.71 Å². The van der Waals surface area contributed by atoms with Crippen LogP contribution in [-0.4, -0.2) is 37.2 Å². The molecule has 0 atom stereocenters. The second-order valence-corrected chi connectivity index (χ2v) is 13.7. The van der Waals surface area contributed by atoms with Gasteiger partial charge < -0.3 is 9.47 Å². The first kappa shape index (κ1) is 32.6. The minimum absolute atomic E-state index is 0.0464. The standard InChI is InChI=1S/C31H33FN4O6S2/c1-19(2)42-30(38)35-25-14-11-21(15-24(25)32)28-33-17-26(43-28)23-13-12-22(16-27(23)44(39,40)36-31(3,4)5)34-29(37)41-18-20-9-7-6-8-10-20/h6-17,19,36H,18H2,1-5H3,(H,34,37)(H,35,38). The summed E-state index contributed by atoms with van der Waals surface area (Å²) in [5.41, 5.74) is 0.940. The fraction of sp³-hybridized carbons (Fsp3) is 0.258. The molecule has 0 aliphatic rings. The van der Waals surface area contributed by atoms with E-state index in [1.165, 1.54) is 24.4 Å². The zero-order chi connectivity index (χ0) is 32.1. The zero-order valence-corrected chi connectivity index (χ0v) is 26.4. The molecule has 13 heteroatoms. The number of sulfonamides is 1. The van der Waals surface area contributed by atoms with Gasteiger partial charge in [0.05, 0.1) is 21.6 Å². The molecule has 0 radical (unpaired) electrons. The second-order valence-electron chi connectivity index (χ2n) is 11.1. The molecule has 0 bridgehead atoms. The highest BCUT2D eigenvalue weighted by atomic mass is 32.2. The van der Waals surface area contributed by atoms with Gasteiger partial charge in [0.2, 0.25) is 10.0 Å². The number of hydrogen-bond acceptors (Lipinski definition) is 8. The Kier molecular flexibility index (Phi) is 10.0. The Morgan fingerprint density at radius 3 is 2.36 bits per heavy atom. The van der Waals surface area contributed by atoms with Crippen LogP contribution < -0.4 is 15.4 Å². The van der Waals surface area contributed by atoms with E-state index in [4.69, 9.17) is 9.47 Å². The van der Waals surface area contributed by atoms with Gasteiger partial charge >= 0.3 is 12.2 Å². The third-order valence-electron chi connectivity index (χ3n) is 5.74. The van der Waals surface area contributed by atoms with Gasteiger partial charge in [0, 0.05) is 28.6 Å². The van der Waals surface area contributed by atoms with Gasteiger partial charge in [-0.25, -0.2) is 32.1 Å². The Balaban J connectivity index is 1.61. The van der Waals surface area contributed by atoms with Gasteiger partial charge in [-0.3, -0.25) is 10.6 Å². The van der Waals surface area contributed by atoms with Crippen molar-refractivity contribution < 1.29 is 31.9 Å². The number of halogens is 1. The number of carbonyl (C=O) groups excluding carboxylic acids is 2. The average molecular weight is 641 g/mol. The van der Waals surface area contributed by atoms with Crippen molar-refractivity contribution in [3.05, 3.63) is 84.3 Å². The number of anilines is 2. The number of hydrogen-bond donors (Lipinski definition) is 3. The lowest BCUT2D eigenvalue weighted by molar-refractivity contribution is 0.130. The molecule has 3 aromatic carbocycles. The summed E-state index contributed by atoms with van der Waals surface area (Å²) < 4.78 is 54.8. The van der Waals surface area contributed by atoms with Gasteiger partial charge in [0.15, 0.2) is 0 Å². The molecule has 0 unspecified atom stereocenters. The average Bonchev–Trinajstić information content (AvgIpc) is 3.42. The quantitative estimate of drug-likeness (QED) is 0.173. The number of carbonyl (C=O) groups is 2. The smallest absolute Gasteiger partial charge is 0.411 e. The fourth-order valence-corrected chi connectivity index (χ4v) is 6.68. The summed E-state index contributed by atoms with van der Waals surface area (Å²) in [7, 11) is -4.07. The van der Waals surface area contributed by atoms with Gasteiger partial charge in [0.1, 0.15) is 17.4 Å². The van der Waals surface area contributed by atoms with Crippen molar-refractivity contribution in [3.63, 3.8) is 0 Å². The number of benzene rings is 3. The third-order valence-corrected chi connectivity index (χ3v) is 8.62. The number of amides is 2. The van der Waals surface area contributed by atoms with Crippen LogP contribution >= 0.6 is 11.3 Å². The van der Waals surface area contributed by atoms with Crippen molar-refractivity contribution in [2.45, 2.75) is 57.8 Å². The molecule has 10 nitrogen and oxygen atoms in total. The maximum absolute atomic E-state index is 14.8. The molecule has 4 aromatic rings. The van der Waals surface area contributed by atoms with Gasteiger partial charge in [-0.2, -0.15) is 0 Å². The zero-order valence-electron chi connectivity index (χ0n) is 24.8. The number of ether oxygens (including phenoxy) is 2. The first-order chi connectivity index (χ1) is 20.7. The van der Waals surface area contributed by atoms with Crippen LogP contribution in [0.3, 0.4) is 0 Å². The largest absolute Gasteiger partial charge is 0.447 e. The molecule has 4 rings (SSSR count). The first-order valence-corrected chi connectivity index (χ1v) is 15.9. The van der Waals surface area contributed by atoms with Crippen molar-refractivity contribution in [2.75, 3.05) is 10.6 Å². The predicted octanol–water partition coefficient (Wildman–Crippen LogP) is 7.40. The highest BCUT2D eigenvalue weighted by molar-refractivity contribution is 7.89. The molecule has 0 aliphatic heterocycles. The monoisotopic (exact) mass is 640 g/mol. The Morgan fingerprint density at radius 1 is 0.977 bits per heavy atom. The Bertz CT molecular complexity index is 1750. The summed E-state index contributed by atoms with van der Waals surface area (Å²) in [5.74, 6) is -0.688. The van der Waals surface area contributed by atoms with E-state index < -0.39 is 33.6 Å². The minimum Gasteiger partial charge on any atom is -0.447 e. The van der Waals surface area contributed by atoms with Crippen LogP contribution in [0.15, 0.2) is 77.8 Å². The van der Waals surface area contributed by atoms with E-state index in [9.17, 15) is 22.4 Å². The van der Waals surface area contributed by atoms with E-state index in [1.807, 2.05) is 30.3 Å². The molecule has 0 saturated carbocycles. The summed E-state index contributed by atoms with van der Waals surface area (Å²) in [6, 6.07) is 17.8. The summed E-state index contributed by atoms with van der Waals surface area (Å²) in [6.07, 6.45) is -0.386. The van der Waals surface area contributed by atoms with E-state index in [0.29, 0.717) is 21.0 Å². The van der Waals surface area contributed by atoms with Gasteiger partial charge in [-0.1, -0.05) is 36.4 Å². The minimum atomic E-state index is -4.07. The normalized spacial score (nSPS) is 11.7. The maximum atomic E-state index is 14.8. The van der Waals surface area contributed by atoms with Crippen LogP contribution in [-0.2, 0) is 26.1 Å². The third kappa shape index (κ3) is 8.85. The van der Waals surface area contributed by atoms with Crippen LogP contribution in [0.1, 0.15) is 40.2 Å². The summed E-state index contributed by atoms with van der Waals surface area (Å²) in [4.78, 5) is 29.2. The number of nitrogens with one attached hydrogen (secondary N) is 3. The van der Waals surface area contributed by atoms with Crippen LogP contribution in [0.4, 0.5) is 25.4 Å². The molecule has 0 aliphatic carbocycles. The molecule has 2 amide bonds. The topological polar surface area (TPSA) is 136 Å². The molecule has 44 heavy (non-hydrogen) atoms. The van der Waals surface area contributed by atoms with Crippen molar-refractivity contribution in [3.8, 4) is 21.0 Å². The maximum Gasteiger partial charge on any atom is 0.411 e. The first-order valence-electron chi connectivity index (χ1n) is 13.6. The van der Waals surface area contributed by atoms with E-state index in [1.54, 1.807) is 52.8 Å². The van der Waals surface area contributed by atoms with E-state index in [0.717, 1.165) is 16.9 Å². The SMILES string of the molecule is CC(C)OC(=O)Nc1ccc(-c2ncc(-c3ccc(NC(=O)OCc4ccccc4)cc3S(=O)(=O)NC(C)(C)C)s2)cc1F. The molecule has 3 N–H and O–H groups in total. The summed E-state index contributed by atoms with van der Waals surface area (Å²) in [6.45, 7) is 8.56. The molecular weight excluding hydrogens is 607 g/mol. The Hall–Kier alpha value is -4.33. The molecule has 1 heterocycles. The lowest BCUT2D eigenvalue weighted by Gasteiger charge is -2.22. The molecular formula is C31H33FN4O6S2. The lowest BCUT2D eigenvalue weighted by Crippen LogP contribution is -2.40. The number of nitrogens with zero attached hydrogens (tertiary/aromatic N) is 1. The van der Waals surface area contributed by atoms with E-state index in [2.05, 4.69) is 20.3 Å². The van der Waals surface area contributed by atoms with Gasteiger partial charge in [0.25, 0.3) is 0 Å². The molecule has 0 spiro atoms. The highest BCUT2D eigenvalue weighted by Gasteiger charge is 2.27. The molecule has 0 fully saturated rings.